The minimum Gasteiger partial charge on any atom is -0.338 e. The third-order valence-corrected chi connectivity index (χ3v) is 4.97. The van der Waals surface area contributed by atoms with Crippen LogP contribution in [0.2, 0.25) is 5.02 Å². The highest BCUT2D eigenvalue weighted by atomic mass is 35.5. The largest absolute Gasteiger partial charge is 0.338 e. The van der Waals surface area contributed by atoms with E-state index >= 15 is 0 Å². The van der Waals surface area contributed by atoms with Crippen molar-refractivity contribution in [3.05, 3.63) is 64.7 Å². The number of nitrogens with two attached hydrogens (primary N) is 1. The maximum atomic E-state index is 11.7. The fourth-order valence-electron chi connectivity index (χ4n) is 2.37. The van der Waals surface area contributed by atoms with Gasteiger partial charge in [-0.1, -0.05) is 35.9 Å². The molecule has 0 atom stereocenters. The Bertz CT molecular complexity index is 822. The van der Waals surface area contributed by atoms with E-state index in [0.29, 0.717) is 24.5 Å². The predicted octanol–water partition coefficient (Wildman–Crippen LogP) is 2.46. The molecule has 0 bridgehead atoms. The summed E-state index contributed by atoms with van der Waals surface area (Å²) in [7, 11) is -3.67. The number of primary sulfonamides is 1. The van der Waals surface area contributed by atoms with Crippen LogP contribution in [0.1, 0.15) is 17.5 Å². The van der Waals surface area contributed by atoms with Gasteiger partial charge in [-0.3, -0.25) is 0 Å². The van der Waals surface area contributed by atoms with Crippen molar-refractivity contribution in [3.8, 4) is 0 Å². The number of carbonyl (C=O) groups excluding carboxylic acids is 1. The van der Waals surface area contributed by atoms with E-state index in [2.05, 4.69) is 10.6 Å². The zero-order valence-corrected chi connectivity index (χ0v) is 15.8. The number of benzene rings is 2. The van der Waals surface area contributed by atoms with E-state index in [1.54, 1.807) is 12.1 Å². The highest BCUT2D eigenvalue weighted by Crippen LogP contribution is 2.11. The Morgan fingerprint density at radius 2 is 1.42 bits per heavy atom. The SMILES string of the molecule is NS(=O)(=O)c1ccc(CCNC(=O)NCCCc2ccc(Cl)cc2)cc1. The molecule has 140 valence electrons. The second-order valence-electron chi connectivity index (χ2n) is 5.85. The zero-order chi connectivity index (χ0) is 19.0. The molecule has 2 rings (SSSR count). The van der Waals surface area contributed by atoms with Gasteiger partial charge in [0.2, 0.25) is 10.0 Å². The third-order valence-electron chi connectivity index (χ3n) is 3.79. The summed E-state index contributed by atoms with van der Waals surface area (Å²) >= 11 is 5.84. The Balaban J connectivity index is 1.62. The summed E-state index contributed by atoms with van der Waals surface area (Å²) < 4.78 is 22.4. The zero-order valence-electron chi connectivity index (χ0n) is 14.2. The lowest BCUT2D eigenvalue weighted by molar-refractivity contribution is 0.241. The van der Waals surface area contributed by atoms with Gasteiger partial charge in [-0.2, -0.15) is 0 Å². The van der Waals surface area contributed by atoms with E-state index in [1.165, 1.54) is 17.7 Å². The number of urea groups is 1. The number of sulfonamides is 1. The van der Waals surface area contributed by atoms with Crippen molar-refractivity contribution in [2.75, 3.05) is 13.1 Å². The number of aryl methyl sites for hydroxylation is 1. The number of halogens is 1. The standard InChI is InChI=1S/C18H22ClN3O3S/c19-16-7-3-14(4-8-16)2-1-12-21-18(23)22-13-11-15-5-9-17(10-6-15)26(20,24)25/h3-10H,1-2,11-13H2,(H2,20,24,25)(H2,21,22,23). The van der Waals surface area contributed by atoms with Gasteiger partial charge < -0.3 is 10.6 Å². The first kappa shape index (κ1) is 20.2. The quantitative estimate of drug-likeness (QED) is 0.598. The van der Waals surface area contributed by atoms with Crippen LogP contribution in [0.3, 0.4) is 0 Å². The van der Waals surface area contributed by atoms with Crippen molar-refractivity contribution in [1.29, 1.82) is 0 Å². The molecule has 2 aromatic carbocycles. The minimum absolute atomic E-state index is 0.0765. The predicted molar refractivity (Wildman–Crippen MR) is 103 cm³/mol. The lowest BCUT2D eigenvalue weighted by Gasteiger charge is -2.08. The number of carbonyl (C=O) groups is 1. The maximum Gasteiger partial charge on any atom is 0.314 e. The summed E-state index contributed by atoms with van der Waals surface area (Å²) in [5.74, 6) is 0. The summed E-state index contributed by atoms with van der Waals surface area (Å²) in [6.45, 7) is 1.04. The molecule has 6 nitrogen and oxygen atoms in total. The Labute approximate surface area is 158 Å². The molecule has 0 aliphatic carbocycles. The van der Waals surface area contributed by atoms with Crippen molar-refractivity contribution in [2.45, 2.75) is 24.2 Å². The van der Waals surface area contributed by atoms with Crippen molar-refractivity contribution in [2.24, 2.45) is 5.14 Å². The van der Waals surface area contributed by atoms with Crippen LogP contribution in [-0.2, 0) is 22.9 Å². The fourth-order valence-corrected chi connectivity index (χ4v) is 3.02. The topological polar surface area (TPSA) is 101 Å². The maximum absolute atomic E-state index is 11.7. The van der Waals surface area contributed by atoms with Gasteiger partial charge >= 0.3 is 6.03 Å². The Kier molecular flexibility index (Phi) is 7.44. The molecule has 8 heteroatoms. The van der Waals surface area contributed by atoms with Crippen molar-refractivity contribution in [3.63, 3.8) is 0 Å². The first-order valence-corrected chi connectivity index (χ1v) is 10.1. The van der Waals surface area contributed by atoms with Crippen LogP contribution in [0.5, 0.6) is 0 Å². The van der Waals surface area contributed by atoms with Crippen molar-refractivity contribution >= 4 is 27.7 Å². The van der Waals surface area contributed by atoms with Gasteiger partial charge in [0.05, 0.1) is 4.90 Å². The Morgan fingerprint density at radius 1 is 0.885 bits per heavy atom. The molecule has 0 saturated carbocycles. The average molecular weight is 396 g/mol. The average Bonchev–Trinajstić information content (AvgIpc) is 2.60. The smallest absolute Gasteiger partial charge is 0.314 e. The molecule has 2 amide bonds. The molecule has 0 unspecified atom stereocenters. The molecule has 0 aliphatic rings. The molecule has 0 heterocycles. The van der Waals surface area contributed by atoms with Crippen LogP contribution in [0.4, 0.5) is 4.79 Å². The molecule has 0 fully saturated rings. The van der Waals surface area contributed by atoms with Gasteiger partial charge in [0, 0.05) is 18.1 Å². The first-order valence-electron chi connectivity index (χ1n) is 8.22. The Morgan fingerprint density at radius 3 is 2.04 bits per heavy atom. The van der Waals surface area contributed by atoms with E-state index in [4.69, 9.17) is 16.7 Å². The van der Waals surface area contributed by atoms with E-state index in [-0.39, 0.29) is 10.9 Å². The monoisotopic (exact) mass is 395 g/mol. The van der Waals surface area contributed by atoms with Crippen LogP contribution in [0, 0.1) is 0 Å². The number of nitrogens with one attached hydrogen (secondary N) is 2. The molecule has 0 saturated heterocycles. The van der Waals surface area contributed by atoms with Gasteiger partial charge in [-0.25, -0.2) is 18.4 Å². The molecule has 0 aliphatic heterocycles. The lowest BCUT2D eigenvalue weighted by Crippen LogP contribution is -2.37. The summed E-state index contributed by atoms with van der Waals surface area (Å²) in [5.41, 5.74) is 2.10. The summed E-state index contributed by atoms with van der Waals surface area (Å²) in [6, 6.07) is 13.7. The summed E-state index contributed by atoms with van der Waals surface area (Å²) in [4.78, 5) is 11.8. The van der Waals surface area contributed by atoms with E-state index in [0.717, 1.165) is 18.4 Å². The van der Waals surface area contributed by atoms with Gasteiger partial charge in [0.15, 0.2) is 0 Å². The molecule has 26 heavy (non-hydrogen) atoms. The van der Waals surface area contributed by atoms with Crippen molar-refractivity contribution in [1.82, 2.24) is 10.6 Å². The van der Waals surface area contributed by atoms with E-state index < -0.39 is 10.0 Å². The lowest BCUT2D eigenvalue weighted by atomic mass is 10.1. The van der Waals surface area contributed by atoms with Gasteiger partial charge in [0.1, 0.15) is 0 Å². The number of rotatable bonds is 8. The van der Waals surface area contributed by atoms with Crippen LogP contribution in [0.25, 0.3) is 0 Å². The number of amides is 2. The fraction of sp³-hybridized carbons (Fsp3) is 0.278. The van der Waals surface area contributed by atoms with Crippen molar-refractivity contribution < 1.29 is 13.2 Å². The molecule has 4 N–H and O–H groups in total. The highest BCUT2D eigenvalue weighted by molar-refractivity contribution is 7.89. The highest BCUT2D eigenvalue weighted by Gasteiger charge is 2.06. The molecule has 0 spiro atoms. The minimum atomic E-state index is -3.67. The molecular formula is C18H22ClN3O3S. The van der Waals surface area contributed by atoms with Crippen LogP contribution < -0.4 is 15.8 Å². The second-order valence-corrected chi connectivity index (χ2v) is 7.85. The van der Waals surface area contributed by atoms with Crippen LogP contribution in [-0.4, -0.2) is 27.5 Å². The second kappa shape index (κ2) is 9.56. The summed E-state index contributed by atoms with van der Waals surface area (Å²) in [6.07, 6.45) is 2.31. The number of hydrogen-bond acceptors (Lipinski definition) is 3. The number of hydrogen-bond donors (Lipinski definition) is 3. The van der Waals surface area contributed by atoms with Gasteiger partial charge in [-0.05, 0) is 54.7 Å². The Hall–Kier alpha value is -2.09. The third kappa shape index (κ3) is 7.03. The first-order chi connectivity index (χ1) is 12.3. The molecule has 0 aromatic heterocycles. The molecule has 2 aromatic rings. The van der Waals surface area contributed by atoms with Gasteiger partial charge in [0.25, 0.3) is 0 Å². The normalized spacial score (nSPS) is 11.2. The van der Waals surface area contributed by atoms with Gasteiger partial charge in [-0.15, -0.1) is 0 Å². The van der Waals surface area contributed by atoms with E-state index in [9.17, 15) is 13.2 Å². The van der Waals surface area contributed by atoms with Crippen LogP contribution >= 0.6 is 11.6 Å². The summed E-state index contributed by atoms with van der Waals surface area (Å²) in [5, 5.41) is 11.3. The molecule has 0 radical (unpaired) electrons. The molecular weight excluding hydrogens is 374 g/mol. The van der Waals surface area contributed by atoms with Crippen LogP contribution in [0.15, 0.2) is 53.4 Å². The van der Waals surface area contributed by atoms with E-state index in [1.807, 2.05) is 24.3 Å².